The van der Waals surface area contributed by atoms with Crippen LogP contribution in [0.5, 0.6) is 0 Å². The predicted molar refractivity (Wildman–Crippen MR) is 74.6 cm³/mol. The van der Waals surface area contributed by atoms with E-state index >= 15 is 0 Å². The molecule has 1 aromatic carbocycles. The number of hydrogen-bond donors (Lipinski definition) is 1. The van der Waals surface area contributed by atoms with Gasteiger partial charge in [-0.2, -0.15) is 0 Å². The zero-order valence-electron chi connectivity index (χ0n) is 11.0. The third-order valence-corrected chi connectivity index (χ3v) is 3.63. The minimum Gasteiger partial charge on any atom is -0.329 e. The molecule has 17 heavy (non-hydrogen) atoms. The van der Waals surface area contributed by atoms with Crippen molar-refractivity contribution in [2.24, 2.45) is 11.1 Å². The third-order valence-electron chi connectivity index (χ3n) is 2.61. The van der Waals surface area contributed by atoms with E-state index in [0.29, 0.717) is 11.8 Å². The summed E-state index contributed by atoms with van der Waals surface area (Å²) in [5.41, 5.74) is 5.88. The zero-order valence-corrected chi connectivity index (χ0v) is 11.8. The van der Waals surface area contributed by atoms with Crippen molar-refractivity contribution >= 4 is 17.5 Å². The average Bonchev–Trinajstić information content (AvgIpc) is 2.28. The fraction of sp³-hybridized carbons (Fsp3) is 0.500. The van der Waals surface area contributed by atoms with Gasteiger partial charge in [-0.1, -0.05) is 39.8 Å². The number of ketones is 1. The zero-order chi connectivity index (χ0) is 13.1. The fourth-order valence-electron chi connectivity index (χ4n) is 1.44. The maximum absolute atomic E-state index is 12.1. The highest BCUT2D eigenvalue weighted by Gasteiger charge is 2.26. The Morgan fingerprint density at radius 2 is 1.82 bits per heavy atom. The minimum absolute atomic E-state index is 0.112. The summed E-state index contributed by atoms with van der Waals surface area (Å²) in [6.45, 7) is 8.44. The molecule has 1 rings (SSSR count). The van der Waals surface area contributed by atoms with Crippen molar-refractivity contribution in [3.63, 3.8) is 0 Å². The second kappa shape index (κ2) is 5.69. The average molecular weight is 251 g/mol. The highest BCUT2D eigenvalue weighted by atomic mass is 32.2. The Morgan fingerprint density at radius 1 is 1.29 bits per heavy atom. The maximum atomic E-state index is 12.1. The molecule has 0 aliphatic rings. The quantitative estimate of drug-likeness (QED) is 0.644. The first kappa shape index (κ1) is 14.3. The van der Waals surface area contributed by atoms with Gasteiger partial charge in [-0.15, -0.1) is 11.8 Å². The van der Waals surface area contributed by atoms with E-state index in [1.165, 1.54) is 4.90 Å². The molecule has 0 unspecified atom stereocenters. The van der Waals surface area contributed by atoms with Crippen LogP contribution in [-0.2, 0) is 0 Å². The molecule has 1 aromatic rings. The van der Waals surface area contributed by atoms with Crippen LogP contribution in [0.1, 0.15) is 38.1 Å². The Morgan fingerprint density at radius 3 is 2.24 bits per heavy atom. The summed E-state index contributed by atoms with van der Waals surface area (Å²) >= 11 is 1.80. The molecule has 0 aliphatic heterocycles. The van der Waals surface area contributed by atoms with Gasteiger partial charge in [0.25, 0.3) is 0 Å². The van der Waals surface area contributed by atoms with Crippen LogP contribution in [0, 0.1) is 5.41 Å². The molecule has 0 saturated heterocycles. The number of nitrogens with two attached hydrogens (primary N) is 1. The van der Waals surface area contributed by atoms with E-state index in [0.717, 1.165) is 5.56 Å². The highest BCUT2D eigenvalue weighted by molar-refractivity contribution is 7.99. The van der Waals surface area contributed by atoms with Gasteiger partial charge in [-0.05, 0) is 12.1 Å². The van der Waals surface area contributed by atoms with Crippen LogP contribution in [0.2, 0.25) is 0 Å². The second-order valence-corrected chi connectivity index (χ2v) is 6.76. The van der Waals surface area contributed by atoms with E-state index in [2.05, 4.69) is 13.8 Å². The summed E-state index contributed by atoms with van der Waals surface area (Å²) < 4.78 is 0. The summed E-state index contributed by atoms with van der Waals surface area (Å²) in [6.07, 6.45) is 0. The lowest BCUT2D eigenvalue weighted by atomic mass is 9.84. The van der Waals surface area contributed by atoms with Crippen LogP contribution >= 0.6 is 11.8 Å². The van der Waals surface area contributed by atoms with Crippen LogP contribution in [0.25, 0.3) is 0 Å². The molecule has 3 heteroatoms. The van der Waals surface area contributed by atoms with Crippen molar-refractivity contribution in [3.05, 3.63) is 29.8 Å². The molecule has 2 N–H and O–H groups in total. The lowest BCUT2D eigenvalue weighted by Crippen LogP contribution is -2.32. The van der Waals surface area contributed by atoms with Gasteiger partial charge in [-0.3, -0.25) is 4.79 Å². The van der Waals surface area contributed by atoms with Crippen LogP contribution in [-0.4, -0.2) is 17.6 Å². The molecule has 0 saturated carbocycles. The maximum Gasteiger partial charge on any atom is 0.169 e. The van der Waals surface area contributed by atoms with Gasteiger partial charge < -0.3 is 5.73 Å². The number of carbonyl (C=O) groups excluding carboxylic acids is 1. The summed E-state index contributed by atoms with van der Waals surface area (Å²) in [5.74, 6) is 0.112. The van der Waals surface area contributed by atoms with Crippen molar-refractivity contribution in [2.45, 2.75) is 37.8 Å². The predicted octanol–water partition coefficient (Wildman–Crippen LogP) is 3.35. The van der Waals surface area contributed by atoms with Gasteiger partial charge in [0.15, 0.2) is 5.78 Å². The van der Waals surface area contributed by atoms with Crippen molar-refractivity contribution in [2.75, 3.05) is 6.54 Å². The lowest BCUT2D eigenvalue weighted by molar-refractivity contribution is 0.0847. The van der Waals surface area contributed by atoms with Crippen LogP contribution in [0.15, 0.2) is 29.2 Å². The Balaban J connectivity index is 2.84. The first-order chi connectivity index (χ1) is 7.86. The molecule has 0 amide bonds. The molecule has 0 radical (unpaired) electrons. The van der Waals surface area contributed by atoms with Gasteiger partial charge in [0, 0.05) is 27.7 Å². The standard InChI is InChI=1S/C14H21NOS/c1-10(2)17-12-7-5-11(6-8-12)13(16)14(3,4)9-15/h5-8,10H,9,15H2,1-4H3. The van der Waals surface area contributed by atoms with Gasteiger partial charge in [0.1, 0.15) is 0 Å². The van der Waals surface area contributed by atoms with Gasteiger partial charge in [0.2, 0.25) is 0 Å². The Kier molecular flexibility index (Phi) is 4.78. The Bertz CT molecular complexity index is 382. The Labute approximate surface area is 108 Å². The van der Waals surface area contributed by atoms with Crippen LogP contribution in [0.3, 0.4) is 0 Å². The molecular formula is C14H21NOS. The molecule has 2 nitrogen and oxygen atoms in total. The normalized spacial score (nSPS) is 11.9. The van der Waals surface area contributed by atoms with Gasteiger partial charge in [0.05, 0.1) is 0 Å². The minimum atomic E-state index is -0.479. The molecule has 94 valence electrons. The Hall–Kier alpha value is -0.800. The van der Waals surface area contributed by atoms with Crippen molar-refractivity contribution in [3.8, 4) is 0 Å². The van der Waals surface area contributed by atoms with Crippen molar-refractivity contribution < 1.29 is 4.79 Å². The molecule has 0 aliphatic carbocycles. The van der Waals surface area contributed by atoms with Crippen molar-refractivity contribution in [1.82, 2.24) is 0 Å². The molecule has 0 heterocycles. The van der Waals surface area contributed by atoms with E-state index in [1.807, 2.05) is 38.1 Å². The van der Waals surface area contributed by atoms with E-state index in [9.17, 15) is 4.79 Å². The first-order valence-electron chi connectivity index (χ1n) is 5.88. The van der Waals surface area contributed by atoms with E-state index < -0.39 is 5.41 Å². The highest BCUT2D eigenvalue weighted by Crippen LogP contribution is 2.25. The molecule has 0 atom stereocenters. The first-order valence-corrected chi connectivity index (χ1v) is 6.76. The van der Waals surface area contributed by atoms with Crippen LogP contribution < -0.4 is 5.73 Å². The van der Waals surface area contributed by atoms with E-state index in [4.69, 9.17) is 5.73 Å². The molecule has 0 spiro atoms. The van der Waals surface area contributed by atoms with Gasteiger partial charge in [-0.25, -0.2) is 0 Å². The van der Waals surface area contributed by atoms with Gasteiger partial charge >= 0.3 is 0 Å². The van der Waals surface area contributed by atoms with E-state index in [-0.39, 0.29) is 5.78 Å². The number of benzene rings is 1. The number of Topliss-reactive ketones (excluding diaryl/α,β-unsaturated/α-hetero) is 1. The van der Waals surface area contributed by atoms with E-state index in [1.54, 1.807) is 11.8 Å². The fourth-order valence-corrected chi connectivity index (χ4v) is 2.28. The summed E-state index contributed by atoms with van der Waals surface area (Å²) in [6, 6.07) is 7.80. The largest absolute Gasteiger partial charge is 0.329 e. The smallest absolute Gasteiger partial charge is 0.169 e. The lowest BCUT2D eigenvalue weighted by Gasteiger charge is -2.20. The summed E-state index contributed by atoms with van der Waals surface area (Å²) in [7, 11) is 0. The number of rotatable bonds is 5. The number of thioether (sulfide) groups is 1. The van der Waals surface area contributed by atoms with Crippen molar-refractivity contribution in [1.29, 1.82) is 0 Å². The monoisotopic (exact) mass is 251 g/mol. The molecule has 0 bridgehead atoms. The third kappa shape index (κ3) is 3.86. The SMILES string of the molecule is CC(C)Sc1ccc(C(=O)C(C)(C)CN)cc1. The number of hydrogen-bond acceptors (Lipinski definition) is 3. The second-order valence-electron chi connectivity index (χ2n) is 5.11. The topological polar surface area (TPSA) is 43.1 Å². The van der Waals surface area contributed by atoms with Crippen LogP contribution in [0.4, 0.5) is 0 Å². The number of carbonyl (C=O) groups is 1. The molecular weight excluding hydrogens is 230 g/mol. The summed E-state index contributed by atoms with van der Waals surface area (Å²) in [5, 5.41) is 0.553. The summed E-state index contributed by atoms with van der Waals surface area (Å²) in [4.78, 5) is 13.3. The molecule has 0 aromatic heterocycles. The molecule has 0 fully saturated rings.